The van der Waals surface area contributed by atoms with Crippen LogP contribution in [0.2, 0.25) is 0 Å². The number of carbonyl (C=O) groups excluding carboxylic acids is 1. The van der Waals surface area contributed by atoms with Crippen LogP contribution < -0.4 is 16.0 Å². The second-order valence-electron chi connectivity index (χ2n) is 6.86. The quantitative estimate of drug-likeness (QED) is 0.688. The highest BCUT2D eigenvalue weighted by Gasteiger charge is 2.33. The van der Waals surface area contributed by atoms with E-state index in [9.17, 15) is 13.6 Å². The van der Waals surface area contributed by atoms with Gasteiger partial charge in [0.2, 0.25) is 5.91 Å². The van der Waals surface area contributed by atoms with Crippen molar-refractivity contribution in [3.05, 3.63) is 70.9 Å². The molecular formula is C20H18F2N6O. The van der Waals surface area contributed by atoms with E-state index in [0.29, 0.717) is 30.0 Å². The summed E-state index contributed by atoms with van der Waals surface area (Å²) in [6.45, 7) is 2.27. The van der Waals surface area contributed by atoms with E-state index in [1.54, 1.807) is 17.0 Å². The summed E-state index contributed by atoms with van der Waals surface area (Å²) in [6, 6.07) is 8.58. The Bertz CT molecular complexity index is 1090. The van der Waals surface area contributed by atoms with E-state index in [-0.39, 0.29) is 23.4 Å². The van der Waals surface area contributed by atoms with Gasteiger partial charge >= 0.3 is 0 Å². The van der Waals surface area contributed by atoms with E-state index in [2.05, 4.69) is 20.5 Å². The highest BCUT2D eigenvalue weighted by atomic mass is 19.1. The molecule has 7 nitrogen and oxygen atoms in total. The molecule has 9 heteroatoms. The van der Waals surface area contributed by atoms with Crippen LogP contribution in [0.25, 0.3) is 0 Å². The van der Waals surface area contributed by atoms with Gasteiger partial charge in [-0.3, -0.25) is 4.79 Å². The molecule has 0 aliphatic carbocycles. The number of benzene rings is 2. The molecule has 1 aliphatic heterocycles. The molecule has 2 heterocycles. The summed E-state index contributed by atoms with van der Waals surface area (Å²) >= 11 is 0. The Labute approximate surface area is 165 Å². The van der Waals surface area contributed by atoms with Gasteiger partial charge in [-0.2, -0.15) is 10.1 Å². The molecule has 1 atom stereocenters. The lowest BCUT2D eigenvalue weighted by atomic mass is 10.0. The van der Waals surface area contributed by atoms with Crippen LogP contribution >= 0.6 is 0 Å². The van der Waals surface area contributed by atoms with Crippen LogP contribution in [-0.2, 0) is 13.0 Å². The number of aromatic nitrogens is 3. The van der Waals surface area contributed by atoms with E-state index in [0.717, 1.165) is 11.6 Å². The van der Waals surface area contributed by atoms with Gasteiger partial charge in [-0.05, 0) is 48.7 Å². The lowest BCUT2D eigenvalue weighted by Gasteiger charge is -2.22. The molecule has 0 spiro atoms. The molecular weight excluding hydrogens is 378 g/mol. The topological polar surface area (TPSA) is 97.0 Å². The minimum Gasteiger partial charge on any atom is -0.366 e. The summed E-state index contributed by atoms with van der Waals surface area (Å²) in [4.78, 5) is 17.9. The molecule has 2 aromatic carbocycles. The molecule has 0 fully saturated rings. The van der Waals surface area contributed by atoms with Gasteiger partial charge in [-0.15, -0.1) is 5.10 Å². The molecule has 1 aliphatic rings. The number of hydrogen-bond acceptors (Lipinski definition) is 6. The molecule has 1 unspecified atom stereocenters. The Morgan fingerprint density at radius 3 is 2.86 bits per heavy atom. The Balaban J connectivity index is 1.63. The summed E-state index contributed by atoms with van der Waals surface area (Å²) < 4.78 is 27.4. The maximum absolute atomic E-state index is 14.1. The predicted molar refractivity (Wildman–Crippen MR) is 104 cm³/mol. The van der Waals surface area contributed by atoms with Gasteiger partial charge in [0.25, 0.3) is 5.95 Å². The van der Waals surface area contributed by atoms with E-state index in [4.69, 9.17) is 5.73 Å². The number of anilines is 3. The zero-order valence-corrected chi connectivity index (χ0v) is 15.6. The molecule has 0 radical (unpaired) electrons. The molecule has 1 amide bonds. The Morgan fingerprint density at radius 1 is 1.28 bits per heavy atom. The number of rotatable bonds is 5. The van der Waals surface area contributed by atoms with Crippen molar-refractivity contribution in [1.82, 2.24) is 15.2 Å². The van der Waals surface area contributed by atoms with Crippen LogP contribution in [-0.4, -0.2) is 27.1 Å². The Morgan fingerprint density at radius 2 is 2.10 bits per heavy atom. The molecule has 3 aromatic rings. The molecule has 0 bridgehead atoms. The lowest BCUT2D eigenvalue weighted by molar-refractivity contribution is 0.0999. The first-order valence-electron chi connectivity index (χ1n) is 9.02. The monoisotopic (exact) mass is 396 g/mol. The Hall–Kier alpha value is -3.62. The van der Waals surface area contributed by atoms with E-state index in [1.165, 1.54) is 24.4 Å². The summed E-state index contributed by atoms with van der Waals surface area (Å²) in [5.74, 6) is -0.863. The number of hydrogen-bond donors (Lipinski definition) is 2. The minimum absolute atomic E-state index is 0.120. The van der Waals surface area contributed by atoms with Gasteiger partial charge in [0.15, 0.2) is 5.82 Å². The van der Waals surface area contributed by atoms with Crippen LogP contribution in [0.4, 0.5) is 26.2 Å². The number of primary amides is 1. The largest absolute Gasteiger partial charge is 0.366 e. The first-order chi connectivity index (χ1) is 13.9. The molecule has 1 aromatic heterocycles. The average molecular weight is 396 g/mol. The number of nitrogens with zero attached hydrogens (tertiary/aromatic N) is 4. The number of carbonyl (C=O) groups is 1. The molecule has 4 rings (SSSR count). The fourth-order valence-electron chi connectivity index (χ4n) is 3.52. The van der Waals surface area contributed by atoms with Gasteiger partial charge < -0.3 is 16.0 Å². The molecule has 29 heavy (non-hydrogen) atoms. The third-order valence-electron chi connectivity index (χ3n) is 4.78. The van der Waals surface area contributed by atoms with Gasteiger partial charge in [0, 0.05) is 18.2 Å². The first-order valence-corrected chi connectivity index (χ1v) is 9.02. The van der Waals surface area contributed by atoms with E-state index in [1.807, 2.05) is 6.92 Å². The van der Waals surface area contributed by atoms with E-state index >= 15 is 0 Å². The van der Waals surface area contributed by atoms with Crippen molar-refractivity contribution < 1.29 is 13.6 Å². The van der Waals surface area contributed by atoms with Crippen molar-refractivity contribution in [2.24, 2.45) is 5.73 Å². The highest BCUT2D eigenvalue weighted by molar-refractivity contribution is 5.97. The third kappa shape index (κ3) is 3.71. The van der Waals surface area contributed by atoms with Crippen molar-refractivity contribution in [3.63, 3.8) is 0 Å². The first kappa shape index (κ1) is 18.7. The number of fused-ring (bicyclic) bond motifs is 1. The maximum atomic E-state index is 14.1. The fourth-order valence-corrected chi connectivity index (χ4v) is 3.52. The van der Waals surface area contributed by atoms with Gasteiger partial charge in [0.1, 0.15) is 11.6 Å². The minimum atomic E-state index is -0.681. The van der Waals surface area contributed by atoms with Gasteiger partial charge in [0.05, 0.1) is 11.9 Å². The third-order valence-corrected chi connectivity index (χ3v) is 4.78. The van der Waals surface area contributed by atoms with Crippen molar-refractivity contribution >= 4 is 23.4 Å². The zero-order chi connectivity index (χ0) is 20.5. The summed E-state index contributed by atoms with van der Waals surface area (Å²) in [5.41, 5.74) is 7.47. The lowest BCUT2D eigenvalue weighted by Crippen LogP contribution is -2.26. The molecule has 0 saturated carbocycles. The zero-order valence-electron chi connectivity index (χ0n) is 15.6. The summed E-state index contributed by atoms with van der Waals surface area (Å²) in [6.07, 6.45) is 1.95. The second kappa shape index (κ2) is 7.42. The standard InChI is InChI=1S/C20H18F2N6O/c1-11-5-15-16(19(23)29)7-14(22)8-17(15)28(11)20-26-18(10-25-27-20)24-9-12-3-2-4-13(21)6-12/h2-4,6-8,10-11H,5,9H2,1H3,(H2,23,29)(H,24,26,27). The van der Waals surface area contributed by atoms with Gasteiger partial charge in [-0.25, -0.2) is 8.78 Å². The Kier molecular flexibility index (Phi) is 4.79. The fraction of sp³-hybridized carbons (Fsp3) is 0.200. The highest BCUT2D eigenvalue weighted by Crippen LogP contribution is 2.39. The van der Waals surface area contributed by atoms with Crippen LogP contribution in [0, 0.1) is 11.6 Å². The van der Waals surface area contributed by atoms with Crippen molar-refractivity contribution in [2.45, 2.75) is 25.9 Å². The normalized spacial score (nSPS) is 15.3. The van der Waals surface area contributed by atoms with Crippen molar-refractivity contribution in [2.75, 3.05) is 10.2 Å². The number of nitrogens with one attached hydrogen (secondary N) is 1. The van der Waals surface area contributed by atoms with Crippen LogP contribution in [0.3, 0.4) is 0 Å². The number of nitrogens with two attached hydrogens (primary N) is 1. The molecule has 148 valence electrons. The van der Waals surface area contributed by atoms with Crippen LogP contribution in [0.1, 0.15) is 28.4 Å². The van der Waals surface area contributed by atoms with Crippen LogP contribution in [0.5, 0.6) is 0 Å². The average Bonchev–Trinajstić information content (AvgIpc) is 3.01. The van der Waals surface area contributed by atoms with E-state index < -0.39 is 11.7 Å². The van der Waals surface area contributed by atoms with Gasteiger partial charge in [-0.1, -0.05) is 12.1 Å². The smallest absolute Gasteiger partial charge is 0.252 e. The predicted octanol–water partition coefficient (Wildman–Crippen LogP) is 2.94. The summed E-state index contributed by atoms with van der Waals surface area (Å²) in [5, 5.41) is 11.1. The van der Waals surface area contributed by atoms with Crippen molar-refractivity contribution in [1.29, 1.82) is 0 Å². The number of halogens is 2. The SMILES string of the molecule is CC1Cc2c(C(N)=O)cc(F)cc2N1c1nncc(NCc2cccc(F)c2)n1. The maximum Gasteiger partial charge on any atom is 0.252 e. The van der Waals surface area contributed by atoms with Crippen molar-refractivity contribution in [3.8, 4) is 0 Å². The summed E-state index contributed by atoms with van der Waals surface area (Å²) in [7, 11) is 0. The molecule has 3 N–H and O–H groups in total. The second-order valence-corrected chi connectivity index (χ2v) is 6.86. The number of amides is 1. The molecule has 0 saturated heterocycles. The van der Waals surface area contributed by atoms with Crippen LogP contribution in [0.15, 0.2) is 42.6 Å².